The van der Waals surface area contributed by atoms with E-state index in [4.69, 9.17) is 0 Å². The van der Waals surface area contributed by atoms with Gasteiger partial charge in [-0.25, -0.2) is 8.42 Å². The topological polar surface area (TPSA) is 104 Å². The molecule has 166 valence electrons. The fraction of sp³-hybridized carbons (Fsp3) is 0.167. The maximum absolute atomic E-state index is 12.6. The second-order valence-corrected chi connectivity index (χ2v) is 9.34. The van der Waals surface area contributed by atoms with Crippen LogP contribution in [0.2, 0.25) is 0 Å². The molecule has 0 aromatic heterocycles. The summed E-state index contributed by atoms with van der Waals surface area (Å²) in [5.41, 5.74) is 2.81. The third-order valence-electron chi connectivity index (χ3n) is 4.56. The molecule has 32 heavy (non-hydrogen) atoms. The number of carbonyl (C=O) groups is 2. The Morgan fingerprint density at radius 2 is 1.22 bits per heavy atom. The summed E-state index contributed by atoms with van der Waals surface area (Å²) in [7, 11) is -3.77. The highest BCUT2D eigenvalue weighted by atomic mass is 32.2. The highest BCUT2D eigenvalue weighted by molar-refractivity contribution is 7.92. The molecule has 0 aliphatic heterocycles. The van der Waals surface area contributed by atoms with Gasteiger partial charge < -0.3 is 10.6 Å². The van der Waals surface area contributed by atoms with Crippen LogP contribution in [0.3, 0.4) is 0 Å². The van der Waals surface area contributed by atoms with Crippen LogP contribution >= 0.6 is 0 Å². The number of hydrogen-bond acceptors (Lipinski definition) is 4. The number of nitrogens with one attached hydrogen (secondary N) is 3. The van der Waals surface area contributed by atoms with Crippen LogP contribution in [-0.4, -0.2) is 26.3 Å². The van der Waals surface area contributed by atoms with Gasteiger partial charge in [-0.05, 0) is 81.4 Å². The summed E-state index contributed by atoms with van der Waals surface area (Å²) in [6.07, 6.45) is 0. The van der Waals surface area contributed by atoms with Gasteiger partial charge in [-0.2, -0.15) is 0 Å². The Kier molecular flexibility index (Phi) is 6.95. The number of rotatable bonds is 7. The monoisotopic (exact) mass is 451 g/mol. The average Bonchev–Trinajstić information content (AvgIpc) is 2.75. The molecular weight excluding hydrogens is 426 g/mol. The molecule has 2 amide bonds. The number of anilines is 2. The summed E-state index contributed by atoms with van der Waals surface area (Å²) in [5, 5.41) is 5.53. The number of sulfonamides is 1. The van der Waals surface area contributed by atoms with Gasteiger partial charge in [-0.3, -0.25) is 14.3 Å². The van der Waals surface area contributed by atoms with Gasteiger partial charge in [0.15, 0.2) is 0 Å². The van der Waals surface area contributed by atoms with E-state index < -0.39 is 10.0 Å². The van der Waals surface area contributed by atoms with E-state index in [-0.39, 0.29) is 22.8 Å². The van der Waals surface area contributed by atoms with Crippen molar-refractivity contribution in [3.8, 4) is 0 Å². The van der Waals surface area contributed by atoms with Gasteiger partial charge >= 0.3 is 0 Å². The average molecular weight is 452 g/mol. The van der Waals surface area contributed by atoms with Crippen molar-refractivity contribution in [1.82, 2.24) is 5.32 Å². The largest absolute Gasteiger partial charge is 0.350 e. The fourth-order valence-corrected chi connectivity index (χ4v) is 3.93. The predicted octanol–water partition coefficient (Wildman–Crippen LogP) is 4.19. The van der Waals surface area contributed by atoms with Crippen LogP contribution in [0.1, 0.15) is 40.1 Å². The summed E-state index contributed by atoms with van der Waals surface area (Å²) in [4.78, 5) is 24.6. The minimum absolute atomic E-state index is 0.0285. The van der Waals surface area contributed by atoms with Gasteiger partial charge in [-0.15, -0.1) is 0 Å². The molecule has 0 saturated heterocycles. The first-order valence-electron chi connectivity index (χ1n) is 10.1. The van der Waals surface area contributed by atoms with Crippen molar-refractivity contribution in [3.63, 3.8) is 0 Å². The summed E-state index contributed by atoms with van der Waals surface area (Å²) >= 11 is 0. The lowest BCUT2D eigenvalue weighted by Crippen LogP contribution is -2.30. The Morgan fingerprint density at radius 3 is 1.78 bits per heavy atom. The zero-order chi connectivity index (χ0) is 23.3. The van der Waals surface area contributed by atoms with Crippen LogP contribution in [0.25, 0.3) is 0 Å². The number of amides is 2. The van der Waals surface area contributed by atoms with Crippen molar-refractivity contribution < 1.29 is 18.0 Å². The number of hydrogen-bond donors (Lipinski definition) is 3. The van der Waals surface area contributed by atoms with Crippen molar-refractivity contribution >= 4 is 33.2 Å². The molecule has 0 saturated carbocycles. The third kappa shape index (κ3) is 5.95. The van der Waals surface area contributed by atoms with Crippen molar-refractivity contribution in [2.75, 3.05) is 10.0 Å². The summed E-state index contributed by atoms with van der Waals surface area (Å²) in [5.74, 6) is -0.575. The minimum atomic E-state index is -3.77. The SMILES string of the molecule is Cc1ccc(NS(=O)(=O)c2ccc(C(=O)Nc3ccc(C(=O)NC(C)C)cc3)cc2)cc1. The van der Waals surface area contributed by atoms with E-state index in [9.17, 15) is 18.0 Å². The first-order chi connectivity index (χ1) is 15.1. The normalized spacial score (nSPS) is 11.1. The molecule has 0 unspecified atom stereocenters. The molecule has 0 fully saturated rings. The molecule has 0 radical (unpaired) electrons. The number of benzene rings is 3. The Balaban J connectivity index is 1.66. The van der Waals surface area contributed by atoms with Gasteiger partial charge in [0, 0.05) is 28.5 Å². The molecule has 3 N–H and O–H groups in total. The molecule has 0 aliphatic rings. The van der Waals surface area contributed by atoms with E-state index in [1.165, 1.54) is 24.3 Å². The first kappa shape index (κ1) is 23.0. The predicted molar refractivity (Wildman–Crippen MR) is 125 cm³/mol. The molecule has 0 aliphatic carbocycles. The van der Waals surface area contributed by atoms with Crippen LogP contribution in [0.4, 0.5) is 11.4 Å². The van der Waals surface area contributed by atoms with Crippen molar-refractivity contribution in [1.29, 1.82) is 0 Å². The van der Waals surface area contributed by atoms with Crippen LogP contribution < -0.4 is 15.4 Å². The fourth-order valence-electron chi connectivity index (χ4n) is 2.87. The minimum Gasteiger partial charge on any atom is -0.350 e. The van der Waals surface area contributed by atoms with Crippen LogP contribution in [0.15, 0.2) is 77.7 Å². The van der Waals surface area contributed by atoms with Crippen molar-refractivity contribution in [3.05, 3.63) is 89.5 Å². The van der Waals surface area contributed by atoms with E-state index in [0.29, 0.717) is 22.5 Å². The highest BCUT2D eigenvalue weighted by Crippen LogP contribution is 2.18. The molecule has 0 atom stereocenters. The Labute approximate surface area is 187 Å². The maximum Gasteiger partial charge on any atom is 0.261 e. The molecule has 3 aromatic carbocycles. The van der Waals surface area contributed by atoms with E-state index in [1.807, 2.05) is 32.9 Å². The van der Waals surface area contributed by atoms with Crippen LogP contribution in [-0.2, 0) is 10.0 Å². The first-order valence-corrected chi connectivity index (χ1v) is 11.5. The van der Waals surface area contributed by atoms with E-state index in [1.54, 1.807) is 36.4 Å². The Hall–Kier alpha value is -3.65. The summed E-state index contributed by atoms with van der Waals surface area (Å²) < 4.78 is 27.7. The molecular formula is C24H25N3O4S. The number of aryl methyl sites for hydroxylation is 1. The van der Waals surface area contributed by atoms with Gasteiger partial charge in [0.25, 0.3) is 21.8 Å². The van der Waals surface area contributed by atoms with E-state index >= 15 is 0 Å². The molecule has 0 bridgehead atoms. The summed E-state index contributed by atoms with van der Waals surface area (Å²) in [6, 6.07) is 19.2. The van der Waals surface area contributed by atoms with Gasteiger partial charge in [-0.1, -0.05) is 17.7 Å². The number of carbonyl (C=O) groups excluding carboxylic acids is 2. The second kappa shape index (κ2) is 9.65. The Bertz CT molecular complexity index is 1200. The van der Waals surface area contributed by atoms with Crippen molar-refractivity contribution in [2.24, 2.45) is 0 Å². The van der Waals surface area contributed by atoms with Crippen LogP contribution in [0, 0.1) is 6.92 Å². The zero-order valence-corrected chi connectivity index (χ0v) is 18.9. The quantitative estimate of drug-likeness (QED) is 0.501. The zero-order valence-electron chi connectivity index (χ0n) is 18.0. The molecule has 3 rings (SSSR count). The van der Waals surface area contributed by atoms with E-state index in [0.717, 1.165) is 5.56 Å². The lowest BCUT2D eigenvalue weighted by Gasteiger charge is -2.10. The second-order valence-electron chi connectivity index (χ2n) is 7.66. The van der Waals surface area contributed by atoms with Gasteiger partial charge in [0.1, 0.15) is 0 Å². The van der Waals surface area contributed by atoms with Gasteiger partial charge in [0.05, 0.1) is 4.90 Å². The lowest BCUT2D eigenvalue weighted by atomic mass is 10.1. The Morgan fingerprint density at radius 1 is 0.719 bits per heavy atom. The van der Waals surface area contributed by atoms with Gasteiger partial charge in [0.2, 0.25) is 0 Å². The molecule has 8 heteroatoms. The lowest BCUT2D eigenvalue weighted by molar-refractivity contribution is 0.0942. The van der Waals surface area contributed by atoms with Crippen molar-refractivity contribution in [2.45, 2.75) is 31.7 Å². The molecule has 0 spiro atoms. The smallest absolute Gasteiger partial charge is 0.261 e. The molecule has 3 aromatic rings. The molecule has 7 nitrogen and oxygen atoms in total. The standard InChI is InChI=1S/C24H25N3O4S/c1-16(2)25-23(28)18-6-12-20(13-7-18)26-24(29)19-8-14-22(15-9-19)32(30,31)27-21-10-4-17(3)5-11-21/h4-16,27H,1-3H3,(H,25,28)(H,26,29). The van der Waals surface area contributed by atoms with E-state index in [2.05, 4.69) is 15.4 Å². The summed E-state index contributed by atoms with van der Waals surface area (Å²) in [6.45, 7) is 5.67. The third-order valence-corrected chi connectivity index (χ3v) is 5.95. The maximum atomic E-state index is 12.6. The van der Waals surface area contributed by atoms with Crippen LogP contribution in [0.5, 0.6) is 0 Å². The molecule has 0 heterocycles. The highest BCUT2D eigenvalue weighted by Gasteiger charge is 2.15.